The van der Waals surface area contributed by atoms with E-state index in [0.29, 0.717) is 0 Å². The van der Waals surface area contributed by atoms with Crippen molar-refractivity contribution in [3.05, 3.63) is 222 Å². The molecule has 1 aliphatic heterocycles. The number of hydrogen-bond acceptors (Lipinski definition) is 2. The molecule has 8 aromatic rings. The molecule has 1 spiro atoms. The highest BCUT2D eigenvalue weighted by molar-refractivity contribution is 5.93. The summed E-state index contributed by atoms with van der Waals surface area (Å²) < 4.78 is 7.12. The average molecular weight is 652 g/mol. The Kier molecular flexibility index (Phi) is 6.75. The number of rotatable bonds is 5. The summed E-state index contributed by atoms with van der Waals surface area (Å²) in [5.41, 5.74) is 14.7. The van der Waals surface area contributed by atoms with Crippen LogP contribution >= 0.6 is 0 Å². The Morgan fingerprint density at radius 3 is 1.55 bits per heavy atom. The van der Waals surface area contributed by atoms with Crippen molar-refractivity contribution in [3.63, 3.8) is 0 Å². The first-order valence-electron chi connectivity index (χ1n) is 17.5. The number of para-hydroxylation sites is 3. The quantitative estimate of drug-likeness (QED) is 0.184. The maximum atomic E-state index is 7.12. The summed E-state index contributed by atoms with van der Waals surface area (Å²) in [4.78, 5) is 2.36. The molecule has 0 unspecified atom stereocenters. The van der Waals surface area contributed by atoms with Crippen molar-refractivity contribution in [2.24, 2.45) is 0 Å². The predicted octanol–water partition coefficient (Wildman–Crippen LogP) is 13.0. The smallest absolute Gasteiger partial charge is 0.156 e. The molecule has 2 aliphatic rings. The van der Waals surface area contributed by atoms with Crippen molar-refractivity contribution in [1.29, 1.82) is 0 Å². The molecular formula is C49H33NO. The van der Waals surface area contributed by atoms with Gasteiger partial charge in [0.1, 0.15) is 5.75 Å². The van der Waals surface area contributed by atoms with E-state index >= 15 is 0 Å². The van der Waals surface area contributed by atoms with E-state index in [1.54, 1.807) is 0 Å². The van der Waals surface area contributed by atoms with Gasteiger partial charge in [-0.05, 0) is 80.9 Å². The third-order valence-electron chi connectivity index (χ3n) is 10.5. The summed E-state index contributed by atoms with van der Waals surface area (Å²) in [6.07, 6.45) is 0. The molecular weight excluding hydrogens is 619 g/mol. The first kappa shape index (κ1) is 29.3. The molecule has 51 heavy (non-hydrogen) atoms. The first-order chi connectivity index (χ1) is 25.3. The molecule has 1 heterocycles. The zero-order valence-electron chi connectivity index (χ0n) is 27.9. The van der Waals surface area contributed by atoms with Crippen molar-refractivity contribution in [3.8, 4) is 44.9 Å². The van der Waals surface area contributed by atoms with Crippen LogP contribution in [0.3, 0.4) is 0 Å². The molecule has 10 rings (SSSR count). The minimum atomic E-state index is -0.540. The Hall–Kier alpha value is -6.64. The van der Waals surface area contributed by atoms with Gasteiger partial charge in [-0.15, -0.1) is 0 Å². The molecule has 0 N–H and O–H groups in total. The molecule has 0 aromatic heterocycles. The second-order valence-electron chi connectivity index (χ2n) is 13.2. The van der Waals surface area contributed by atoms with Crippen LogP contribution in [-0.2, 0) is 5.41 Å². The lowest BCUT2D eigenvalue weighted by molar-refractivity contribution is 0.437. The maximum absolute atomic E-state index is 7.12. The molecule has 0 bridgehead atoms. The first-order valence-corrected chi connectivity index (χ1v) is 17.5. The Balaban J connectivity index is 1.26. The van der Waals surface area contributed by atoms with Crippen LogP contribution in [0.25, 0.3) is 33.4 Å². The summed E-state index contributed by atoms with van der Waals surface area (Å²) in [5.74, 6) is 1.74. The van der Waals surface area contributed by atoms with Crippen LogP contribution in [-0.4, -0.2) is 0 Å². The molecule has 1 aliphatic carbocycles. The van der Waals surface area contributed by atoms with Gasteiger partial charge in [0.25, 0.3) is 0 Å². The molecule has 240 valence electrons. The minimum Gasteiger partial charge on any atom is -0.454 e. The van der Waals surface area contributed by atoms with Gasteiger partial charge < -0.3 is 9.64 Å². The van der Waals surface area contributed by atoms with Crippen molar-refractivity contribution in [1.82, 2.24) is 0 Å². The molecule has 0 fully saturated rings. The zero-order valence-corrected chi connectivity index (χ0v) is 27.9. The van der Waals surface area contributed by atoms with Crippen LogP contribution in [0, 0.1) is 0 Å². The second-order valence-corrected chi connectivity index (χ2v) is 13.2. The van der Waals surface area contributed by atoms with Crippen molar-refractivity contribution in [2.75, 3.05) is 4.90 Å². The van der Waals surface area contributed by atoms with Crippen LogP contribution in [0.4, 0.5) is 17.1 Å². The number of benzene rings is 8. The maximum Gasteiger partial charge on any atom is 0.156 e. The van der Waals surface area contributed by atoms with Crippen molar-refractivity contribution >= 4 is 17.1 Å². The zero-order chi connectivity index (χ0) is 33.8. The predicted molar refractivity (Wildman–Crippen MR) is 209 cm³/mol. The Morgan fingerprint density at radius 1 is 0.353 bits per heavy atom. The summed E-state index contributed by atoms with van der Waals surface area (Å²) in [6.45, 7) is 0. The van der Waals surface area contributed by atoms with E-state index < -0.39 is 5.41 Å². The van der Waals surface area contributed by atoms with Gasteiger partial charge in [-0.1, -0.05) is 164 Å². The summed E-state index contributed by atoms with van der Waals surface area (Å²) >= 11 is 0. The molecule has 0 radical (unpaired) electrons. The van der Waals surface area contributed by atoms with Crippen molar-refractivity contribution in [2.45, 2.75) is 5.41 Å². The topological polar surface area (TPSA) is 12.5 Å². The number of anilines is 3. The lowest BCUT2D eigenvalue weighted by atomic mass is 9.66. The van der Waals surface area contributed by atoms with Crippen LogP contribution in [0.2, 0.25) is 0 Å². The van der Waals surface area contributed by atoms with Gasteiger partial charge >= 0.3 is 0 Å². The molecule has 2 heteroatoms. The van der Waals surface area contributed by atoms with Gasteiger partial charge in [-0.25, -0.2) is 0 Å². The van der Waals surface area contributed by atoms with Gasteiger partial charge in [0, 0.05) is 22.5 Å². The average Bonchev–Trinajstić information content (AvgIpc) is 3.50. The van der Waals surface area contributed by atoms with Gasteiger partial charge in [0.05, 0.1) is 11.1 Å². The minimum absolute atomic E-state index is 0.540. The molecule has 0 amide bonds. The van der Waals surface area contributed by atoms with E-state index in [-0.39, 0.29) is 0 Å². The molecule has 2 nitrogen and oxygen atoms in total. The fourth-order valence-electron chi connectivity index (χ4n) is 8.44. The van der Waals surface area contributed by atoms with E-state index in [2.05, 4.69) is 205 Å². The van der Waals surface area contributed by atoms with Gasteiger partial charge in [0.2, 0.25) is 0 Å². The van der Waals surface area contributed by atoms with Crippen LogP contribution < -0.4 is 9.64 Å². The van der Waals surface area contributed by atoms with E-state index in [1.807, 2.05) is 0 Å². The van der Waals surface area contributed by atoms with E-state index in [0.717, 1.165) is 39.7 Å². The fraction of sp³-hybridized carbons (Fsp3) is 0.0204. The summed E-state index contributed by atoms with van der Waals surface area (Å²) in [5, 5.41) is 0. The SMILES string of the molecule is c1ccc(-c2ccc(N(c3ccccc3)c3cccc4c3Oc3ccccc3C43c4ccccc4-c4ccccc43)cc2-c2ccccc2)cc1. The van der Waals surface area contributed by atoms with Crippen molar-refractivity contribution < 1.29 is 4.74 Å². The van der Waals surface area contributed by atoms with E-state index in [4.69, 9.17) is 4.74 Å². The monoisotopic (exact) mass is 651 g/mol. The number of hydrogen-bond donors (Lipinski definition) is 0. The third-order valence-corrected chi connectivity index (χ3v) is 10.5. The van der Waals surface area contributed by atoms with Crippen LogP contribution in [0.5, 0.6) is 11.5 Å². The summed E-state index contributed by atoms with van der Waals surface area (Å²) in [7, 11) is 0. The van der Waals surface area contributed by atoms with Crippen LogP contribution in [0.1, 0.15) is 22.3 Å². The normalized spacial score (nSPS) is 13.0. The highest BCUT2D eigenvalue weighted by Gasteiger charge is 2.51. The number of ether oxygens (including phenoxy) is 1. The lowest BCUT2D eigenvalue weighted by Crippen LogP contribution is -2.32. The molecule has 0 atom stereocenters. The van der Waals surface area contributed by atoms with E-state index in [1.165, 1.54) is 44.5 Å². The summed E-state index contributed by atoms with van der Waals surface area (Å²) in [6, 6.07) is 71.9. The Labute approximate surface area is 298 Å². The largest absolute Gasteiger partial charge is 0.454 e. The van der Waals surface area contributed by atoms with Gasteiger partial charge in [-0.3, -0.25) is 0 Å². The Bertz CT molecular complexity index is 2510. The number of fused-ring (bicyclic) bond motifs is 9. The lowest BCUT2D eigenvalue weighted by Gasteiger charge is -2.41. The third kappa shape index (κ3) is 4.43. The molecule has 8 aromatic carbocycles. The number of nitrogens with zero attached hydrogens (tertiary/aromatic N) is 1. The van der Waals surface area contributed by atoms with Gasteiger partial charge in [0.15, 0.2) is 5.75 Å². The Morgan fingerprint density at radius 2 is 0.882 bits per heavy atom. The second kappa shape index (κ2) is 11.8. The molecule has 0 saturated heterocycles. The standard InChI is InChI=1S/C49H33NO/c1-4-17-34(18-5-1)38-32-31-37(33-41(38)35-19-6-2-7-20-35)50(36-21-8-3-9-22-36)46-29-16-28-45-48(46)51-47-30-15-14-27-44(47)49(45)42-25-12-10-23-39(42)40-24-11-13-26-43(40)49/h1-33H. The van der Waals surface area contributed by atoms with Gasteiger partial charge in [-0.2, -0.15) is 0 Å². The highest BCUT2D eigenvalue weighted by atomic mass is 16.5. The van der Waals surface area contributed by atoms with Crippen LogP contribution in [0.15, 0.2) is 200 Å². The highest BCUT2D eigenvalue weighted by Crippen LogP contribution is 2.63. The fourth-order valence-corrected chi connectivity index (χ4v) is 8.44. The molecule has 0 saturated carbocycles. The van der Waals surface area contributed by atoms with E-state index in [9.17, 15) is 0 Å².